The average Bonchev–Trinajstić information content (AvgIpc) is 2.46. The molecular formula is C18H19NO. The van der Waals surface area contributed by atoms with Crippen LogP contribution in [0, 0.1) is 0 Å². The van der Waals surface area contributed by atoms with Crippen molar-refractivity contribution in [3.8, 4) is 0 Å². The molecule has 0 spiro atoms. The SMILES string of the molecule is CN(C)c1ccc(/C=C\C(=O)Cc2ccccc2)cc1. The summed E-state index contributed by atoms with van der Waals surface area (Å²) in [5.41, 5.74) is 3.24. The van der Waals surface area contributed by atoms with Crippen molar-refractivity contribution < 1.29 is 4.79 Å². The molecule has 2 rings (SSSR count). The maximum atomic E-state index is 11.9. The minimum atomic E-state index is 0.118. The van der Waals surface area contributed by atoms with Crippen LogP contribution in [0.15, 0.2) is 60.7 Å². The zero-order chi connectivity index (χ0) is 14.4. The molecule has 20 heavy (non-hydrogen) atoms. The zero-order valence-electron chi connectivity index (χ0n) is 11.9. The predicted octanol–water partition coefficient (Wildman–Crippen LogP) is 3.58. The molecule has 0 bridgehead atoms. The number of benzene rings is 2. The Morgan fingerprint density at radius 3 is 2.25 bits per heavy atom. The monoisotopic (exact) mass is 265 g/mol. The van der Waals surface area contributed by atoms with Crippen LogP contribution >= 0.6 is 0 Å². The van der Waals surface area contributed by atoms with Crippen molar-refractivity contribution in [3.05, 3.63) is 71.8 Å². The second-order valence-electron chi connectivity index (χ2n) is 4.95. The van der Waals surface area contributed by atoms with E-state index in [1.807, 2.05) is 79.7 Å². The summed E-state index contributed by atoms with van der Waals surface area (Å²) in [5, 5.41) is 0. The first-order chi connectivity index (χ1) is 9.65. The first-order valence-corrected chi connectivity index (χ1v) is 6.67. The summed E-state index contributed by atoms with van der Waals surface area (Å²) in [7, 11) is 4.02. The van der Waals surface area contributed by atoms with Gasteiger partial charge in [0.2, 0.25) is 0 Å². The second kappa shape index (κ2) is 6.71. The molecule has 0 heterocycles. The summed E-state index contributed by atoms with van der Waals surface area (Å²) in [5.74, 6) is 0.118. The molecule has 0 unspecified atom stereocenters. The molecule has 0 aromatic heterocycles. The van der Waals surface area contributed by atoms with Gasteiger partial charge in [0.25, 0.3) is 0 Å². The van der Waals surface area contributed by atoms with Gasteiger partial charge in [0, 0.05) is 26.2 Å². The van der Waals surface area contributed by atoms with Gasteiger partial charge < -0.3 is 4.90 Å². The van der Waals surface area contributed by atoms with Gasteiger partial charge in [-0.15, -0.1) is 0 Å². The summed E-state index contributed by atoms with van der Waals surface area (Å²) in [6.07, 6.45) is 3.97. The van der Waals surface area contributed by atoms with Gasteiger partial charge in [-0.1, -0.05) is 48.5 Å². The van der Waals surface area contributed by atoms with Crippen LogP contribution in [0.25, 0.3) is 6.08 Å². The molecule has 0 amide bonds. The van der Waals surface area contributed by atoms with E-state index < -0.39 is 0 Å². The molecule has 0 N–H and O–H groups in total. The summed E-state index contributed by atoms with van der Waals surface area (Å²) in [4.78, 5) is 13.9. The van der Waals surface area contributed by atoms with E-state index in [1.54, 1.807) is 6.08 Å². The van der Waals surface area contributed by atoms with Crippen molar-refractivity contribution >= 4 is 17.5 Å². The van der Waals surface area contributed by atoms with E-state index >= 15 is 0 Å². The Hall–Kier alpha value is -2.35. The third-order valence-corrected chi connectivity index (χ3v) is 3.09. The van der Waals surface area contributed by atoms with Gasteiger partial charge in [-0.05, 0) is 29.3 Å². The first-order valence-electron chi connectivity index (χ1n) is 6.67. The Bertz CT molecular complexity index is 583. The normalized spacial score (nSPS) is 10.7. The van der Waals surface area contributed by atoms with Crippen molar-refractivity contribution in [2.75, 3.05) is 19.0 Å². The van der Waals surface area contributed by atoms with Crippen molar-refractivity contribution in [3.63, 3.8) is 0 Å². The largest absolute Gasteiger partial charge is 0.378 e. The third-order valence-electron chi connectivity index (χ3n) is 3.09. The van der Waals surface area contributed by atoms with Crippen LogP contribution in [0.4, 0.5) is 5.69 Å². The fourth-order valence-corrected chi connectivity index (χ4v) is 1.93. The number of allylic oxidation sites excluding steroid dienone is 1. The molecule has 0 fully saturated rings. The van der Waals surface area contributed by atoms with Gasteiger partial charge in [-0.25, -0.2) is 0 Å². The lowest BCUT2D eigenvalue weighted by atomic mass is 10.1. The molecular weight excluding hydrogens is 246 g/mol. The van der Waals surface area contributed by atoms with Crippen LogP contribution < -0.4 is 4.90 Å². The number of ketones is 1. The Morgan fingerprint density at radius 2 is 1.65 bits per heavy atom. The Kier molecular flexibility index (Phi) is 4.72. The average molecular weight is 265 g/mol. The zero-order valence-corrected chi connectivity index (χ0v) is 11.9. The maximum absolute atomic E-state index is 11.9. The molecule has 2 heteroatoms. The number of hydrogen-bond donors (Lipinski definition) is 0. The van der Waals surface area contributed by atoms with E-state index in [2.05, 4.69) is 0 Å². The lowest BCUT2D eigenvalue weighted by Crippen LogP contribution is -2.07. The fraction of sp³-hybridized carbons (Fsp3) is 0.167. The second-order valence-corrected chi connectivity index (χ2v) is 4.95. The molecule has 0 saturated heterocycles. The molecule has 102 valence electrons. The minimum absolute atomic E-state index is 0.118. The van der Waals surface area contributed by atoms with E-state index in [4.69, 9.17) is 0 Å². The van der Waals surface area contributed by atoms with Crippen molar-refractivity contribution in [2.24, 2.45) is 0 Å². The molecule has 0 aliphatic rings. The highest BCUT2D eigenvalue weighted by atomic mass is 16.1. The van der Waals surface area contributed by atoms with Gasteiger partial charge in [0.1, 0.15) is 0 Å². The Labute approximate surface area is 120 Å². The topological polar surface area (TPSA) is 20.3 Å². The number of nitrogens with zero attached hydrogens (tertiary/aromatic N) is 1. The van der Waals surface area contributed by atoms with Gasteiger partial charge in [-0.2, -0.15) is 0 Å². The number of hydrogen-bond acceptors (Lipinski definition) is 2. The van der Waals surface area contributed by atoms with Crippen molar-refractivity contribution in [1.82, 2.24) is 0 Å². The first kappa shape index (κ1) is 14.1. The van der Waals surface area contributed by atoms with E-state index in [-0.39, 0.29) is 5.78 Å². The molecule has 2 aromatic rings. The van der Waals surface area contributed by atoms with Gasteiger partial charge >= 0.3 is 0 Å². The summed E-state index contributed by atoms with van der Waals surface area (Å²) < 4.78 is 0. The fourth-order valence-electron chi connectivity index (χ4n) is 1.93. The summed E-state index contributed by atoms with van der Waals surface area (Å²) >= 11 is 0. The standard InChI is InChI=1S/C18H19NO/c1-19(2)17-11-8-15(9-12-17)10-13-18(20)14-16-6-4-3-5-7-16/h3-13H,14H2,1-2H3/b13-10-. The number of rotatable bonds is 5. The highest BCUT2D eigenvalue weighted by Gasteiger charge is 1.99. The van der Waals surface area contributed by atoms with Crippen molar-refractivity contribution in [1.29, 1.82) is 0 Å². The highest BCUT2D eigenvalue weighted by molar-refractivity contribution is 5.95. The summed E-state index contributed by atoms with van der Waals surface area (Å²) in [6, 6.07) is 17.9. The lowest BCUT2D eigenvalue weighted by molar-refractivity contribution is -0.113. The van der Waals surface area contributed by atoms with Crippen LogP contribution in [0.3, 0.4) is 0 Å². The molecule has 0 aliphatic heterocycles. The van der Waals surface area contributed by atoms with Crippen LogP contribution in [0.5, 0.6) is 0 Å². The van der Waals surface area contributed by atoms with E-state index in [0.717, 1.165) is 16.8 Å². The van der Waals surface area contributed by atoms with Crippen LogP contribution in [-0.4, -0.2) is 19.9 Å². The van der Waals surface area contributed by atoms with Crippen LogP contribution in [-0.2, 0) is 11.2 Å². The number of carbonyl (C=O) groups is 1. The van der Waals surface area contributed by atoms with Gasteiger partial charge in [0.15, 0.2) is 5.78 Å². The molecule has 0 aliphatic carbocycles. The smallest absolute Gasteiger partial charge is 0.160 e. The van der Waals surface area contributed by atoms with Crippen molar-refractivity contribution in [2.45, 2.75) is 6.42 Å². The number of anilines is 1. The minimum Gasteiger partial charge on any atom is -0.378 e. The Balaban J connectivity index is 1.97. The summed E-state index contributed by atoms with van der Waals surface area (Å²) in [6.45, 7) is 0. The quantitative estimate of drug-likeness (QED) is 0.770. The maximum Gasteiger partial charge on any atom is 0.160 e. The van der Waals surface area contributed by atoms with Gasteiger partial charge in [0.05, 0.1) is 0 Å². The van der Waals surface area contributed by atoms with Gasteiger partial charge in [-0.3, -0.25) is 4.79 Å². The molecule has 0 atom stereocenters. The van der Waals surface area contributed by atoms with E-state index in [1.165, 1.54) is 0 Å². The molecule has 0 radical (unpaired) electrons. The highest BCUT2D eigenvalue weighted by Crippen LogP contribution is 2.13. The van der Waals surface area contributed by atoms with Crippen LogP contribution in [0.1, 0.15) is 11.1 Å². The Morgan fingerprint density at radius 1 is 1.00 bits per heavy atom. The predicted molar refractivity (Wildman–Crippen MR) is 85.0 cm³/mol. The molecule has 2 aromatic carbocycles. The number of carbonyl (C=O) groups excluding carboxylic acids is 1. The van der Waals surface area contributed by atoms with E-state index in [9.17, 15) is 4.79 Å². The lowest BCUT2D eigenvalue weighted by Gasteiger charge is -2.11. The molecule has 0 saturated carbocycles. The van der Waals surface area contributed by atoms with E-state index in [0.29, 0.717) is 6.42 Å². The molecule has 2 nitrogen and oxygen atoms in total. The third kappa shape index (κ3) is 4.09. The van der Waals surface area contributed by atoms with Crippen LogP contribution in [0.2, 0.25) is 0 Å².